The van der Waals surface area contributed by atoms with E-state index in [0.717, 1.165) is 23.1 Å². The third-order valence-corrected chi connectivity index (χ3v) is 8.56. The van der Waals surface area contributed by atoms with Gasteiger partial charge in [-0.15, -0.1) is 10.2 Å². The first-order chi connectivity index (χ1) is 16.7. The summed E-state index contributed by atoms with van der Waals surface area (Å²) in [6.45, 7) is 3.17. The van der Waals surface area contributed by atoms with E-state index >= 15 is 0 Å². The van der Waals surface area contributed by atoms with Gasteiger partial charge in [-0.2, -0.15) is 0 Å². The number of carbonyl (C=O) groups is 2. The van der Waals surface area contributed by atoms with E-state index in [4.69, 9.17) is 0 Å². The molecule has 0 saturated heterocycles. The lowest BCUT2D eigenvalue weighted by molar-refractivity contribution is -0.113. The number of para-hydroxylation sites is 1. The molecule has 2 aromatic heterocycles. The SMILES string of the molecule is CC(=O)c1sc(NC(=O)CSc2nnc(CS(=O)(=O)c3ccccc3)n2-c2ccccc2)nc1C. The van der Waals surface area contributed by atoms with E-state index in [9.17, 15) is 18.0 Å². The molecular weight excluding hydrogens is 506 g/mol. The number of benzene rings is 2. The predicted molar refractivity (Wildman–Crippen MR) is 135 cm³/mol. The van der Waals surface area contributed by atoms with Gasteiger partial charge in [0.1, 0.15) is 5.75 Å². The fourth-order valence-electron chi connectivity index (χ4n) is 3.27. The van der Waals surface area contributed by atoms with Gasteiger partial charge in [0.25, 0.3) is 0 Å². The molecule has 2 aromatic carbocycles. The maximum atomic E-state index is 13.0. The molecule has 35 heavy (non-hydrogen) atoms. The molecule has 0 unspecified atom stereocenters. The van der Waals surface area contributed by atoms with Gasteiger partial charge < -0.3 is 5.32 Å². The lowest BCUT2D eigenvalue weighted by Gasteiger charge is -2.10. The van der Waals surface area contributed by atoms with E-state index < -0.39 is 9.84 Å². The Balaban J connectivity index is 1.55. The highest BCUT2D eigenvalue weighted by Gasteiger charge is 2.23. The molecule has 1 N–H and O–H groups in total. The van der Waals surface area contributed by atoms with Gasteiger partial charge in [-0.1, -0.05) is 59.5 Å². The van der Waals surface area contributed by atoms with Crippen LogP contribution < -0.4 is 5.32 Å². The lowest BCUT2D eigenvalue weighted by Crippen LogP contribution is -2.15. The van der Waals surface area contributed by atoms with Gasteiger partial charge in [0.2, 0.25) is 5.91 Å². The summed E-state index contributed by atoms with van der Waals surface area (Å²) in [6.07, 6.45) is 0. The molecule has 0 aliphatic heterocycles. The average molecular weight is 528 g/mol. The van der Waals surface area contributed by atoms with Crippen molar-refractivity contribution in [2.24, 2.45) is 0 Å². The van der Waals surface area contributed by atoms with E-state index in [1.165, 1.54) is 19.1 Å². The van der Waals surface area contributed by atoms with Crippen molar-refractivity contribution in [2.45, 2.75) is 29.7 Å². The summed E-state index contributed by atoms with van der Waals surface area (Å²) in [7, 11) is -3.66. The molecule has 0 fully saturated rings. The highest BCUT2D eigenvalue weighted by molar-refractivity contribution is 7.99. The Hall–Kier alpha value is -3.35. The van der Waals surface area contributed by atoms with Crippen LogP contribution in [0, 0.1) is 6.92 Å². The number of Topliss-reactive ketones (excluding diaryl/α,β-unsaturated/α-hetero) is 1. The van der Waals surface area contributed by atoms with Crippen LogP contribution in [0.3, 0.4) is 0 Å². The fraction of sp³-hybridized carbons (Fsp3) is 0.174. The summed E-state index contributed by atoms with van der Waals surface area (Å²) in [4.78, 5) is 29.1. The van der Waals surface area contributed by atoms with Crippen molar-refractivity contribution in [3.8, 4) is 5.69 Å². The number of anilines is 1. The van der Waals surface area contributed by atoms with E-state index in [0.29, 0.717) is 26.5 Å². The second-order valence-corrected chi connectivity index (χ2v) is 11.4. The average Bonchev–Trinajstić information content (AvgIpc) is 3.41. The van der Waals surface area contributed by atoms with Crippen LogP contribution in [0.5, 0.6) is 0 Å². The molecular formula is C23H21N5O4S3. The number of carbonyl (C=O) groups excluding carboxylic acids is 2. The van der Waals surface area contributed by atoms with Crippen molar-refractivity contribution in [1.29, 1.82) is 0 Å². The zero-order chi connectivity index (χ0) is 25.0. The Labute approximate surface area is 210 Å². The van der Waals surface area contributed by atoms with E-state index in [1.807, 2.05) is 30.3 Å². The van der Waals surface area contributed by atoms with Gasteiger partial charge in [0.05, 0.1) is 21.2 Å². The standard InChI is InChI=1S/C23H21N5O4S3/c1-15-21(16(2)29)34-22(24-15)25-20(30)13-33-23-27-26-19(28(23)17-9-5-3-6-10-17)14-35(31,32)18-11-7-4-8-12-18/h3-12H,13-14H2,1-2H3,(H,24,25,30). The van der Waals surface area contributed by atoms with Gasteiger partial charge in [0.15, 0.2) is 31.7 Å². The number of ketones is 1. The van der Waals surface area contributed by atoms with Crippen LogP contribution in [0.2, 0.25) is 0 Å². The summed E-state index contributed by atoms with van der Waals surface area (Å²) in [5.74, 6) is -0.559. The van der Waals surface area contributed by atoms with Gasteiger partial charge >= 0.3 is 0 Å². The summed E-state index contributed by atoms with van der Waals surface area (Å²) in [6, 6.07) is 17.3. The summed E-state index contributed by atoms with van der Waals surface area (Å²) >= 11 is 2.25. The topological polar surface area (TPSA) is 124 Å². The number of thiazole rings is 1. The van der Waals surface area contributed by atoms with Crippen molar-refractivity contribution in [1.82, 2.24) is 19.7 Å². The molecule has 12 heteroatoms. The minimum absolute atomic E-state index is 0.00949. The van der Waals surface area contributed by atoms with Gasteiger partial charge in [-0.05, 0) is 31.2 Å². The molecule has 2 heterocycles. The van der Waals surface area contributed by atoms with Crippen molar-refractivity contribution >= 4 is 49.8 Å². The number of aromatic nitrogens is 4. The molecule has 0 radical (unpaired) electrons. The number of thioether (sulfide) groups is 1. The quantitative estimate of drug-likeness (QED) is 0.256. The first-order valence-corrected chi connectivity index (χ1v) is 13.9. The van der Waals surface area contributed by atoms with Crippen LogP contribution in [0.25, 0.3) is 5.69 Å². The molecule has 0 saturated carbocycles. The summed E-state index contributed by atoms with van der Waals surface area (Å²) in [5, 5.41) is 11.7. The number of hydrogen-bond acceptors (Lipinski definition) is 9. The number of rotatable bonds is 9. The third kappa shape index (κ3) is 5.84. The highest BCUT2D eigenvalue weighted by atomic mass is 32.2. The van der Waals surface area contributed by atoms with Gasteiger partial charge in [0, 0.05) is 12.6 Å². The van der Waals surface area contributed by atoms with E-state index in [2.05, 4.69) is 20.5 Å². The van der Waals surface area contributed by atoms with Crippen molar-refractivity contribution in [3.63, 3.8) is 0 Å². The van der Waals surface area contributed by atoms with Crippen molar-refractivity contribution < 1.29 is 18.0 Å². The van der Waals surface area contributed by atoms with Crippen LogP contribution in [-0.2, 0) is 20.4 Å². The van der Waals surface area contributed by atoms with Crippen molar-refractivity contribution in [3.05, 3.63) is 77.1 Å². The van der Waals surface area contributed by atoms with E-state index in [1.54, 1.807) is 29.7 Å². The van der Waals surface area contributed by atoms with E-state index in [-0.39, 0.29) is 33.9 Å². The smallest absolute Gasteiger partial charge is 0.236 e. The molecule has 0 spiro atoms. The Morgan fingerprint density at radius 1 is 1.03 bits per heavy atom. The molecule has 1 amide bonds. The molecule has 0 aliphatic rings. The zero-order valence-corrected chi connectivity index (χ0v) is 21.3. The van der Waals surface area contributed by atoms with Crippen LogP contribution in [0.15, 0.2) is 70.7 Å². The number of sulfone groups is 1. The van der Waals surface area contributed by atoms with Crippen LogP contribution in [0.4, 0.5) is 5.13 Å². The Morgan fingerprint density at radius 2 is 1.69 bits per heavy atom. The second-order valence-electron chi connectivity index (χ2n) is 7.47. The van der Waals surface area contributed by atoms with Crippen LogP contribution in [0.1, 0.15) is 28.1 Å². The third-order valence-electron chi connectivity index (χ3n) is 4.83. The maximum absolute atomic E-state index is 13.0. The minimum Gasteiger partial charge on any atom is -0.301 e. The molecule has 0 atom stereocenters. The largest absolute Gasteiger partial charge is 0.301 e. The van der Waals surface area contributed by atoms with Gasteiger partial charge in [-0.3, -0.25) is 14.2 Å². The molecule has 0 bridgehead atoms. The first-order valence-electron chi connectivity index (χ1n) is 10.4. The Bertz CT molecular complexity index is 1470. The van der Waals surface area contributed by atoms with Crippen molar-refractivity contribution in [2.75, 3.05) is 11.1 Å². The predicted octanol–water partition coefficient (Wildman–Crippen LogP) is 3.94. The second kappa shape index (κ2) is 10.5. The Morgan fingerprint density at radius 3 is 2.31 bits per heavy atom. The Kier molecular flexibility index (Phi) is 7.43. The van der Waals surface area contributed by atoms with Crippen LogP contribution >= 0.6 is 23.1 Å². The minimum atomic E-state index is -3.66. The molecule has 4 rings (SSSR count). The lowest BCUT2D eigenvalue weighted by atomic mass is 10.3. The summed E-state index contributed by atoms with van der Waals surface area (Å²) < 4.78 is 27.6. The highest BCUT2D eigenvalue weighted by Crippen LogP contribution is 2.26. The maximum Gasteiger partial charge on any atom is 0.236 e. The number of amides is 1. The molecule has 0 aliphatic carbocycles. The summed E-state index contributed by atoms with van der Waals surface area (Å²) in [5.41, 5.74) is 1.25. The number of hydrogen-bond donors (Lipinski definition) is 1. The monoisotopic (exact) mass is 527 g/mol. The number of nitrogens with zero attached hydrogens (tertiary/aromatic N) is 4. The van der Waals surface area contributed by atoms with Crippen LogP contribution in [-0.4, -0.2) is 45.6 Å². The fourth-order valence-corrected chi connectivity index (χ4v) is 6.18. The molecule has 9 nitrogen and oxygen atoms in total. The number of aryl methyl sites for hydroxylation is 1. The molecule has 180 valence electrons. The first kappa shape index (κ1) is 24.8. The van der Waals surface area contributed by atoms with Gasteiger partial charge in [-0.25, -0.2) is 13.4 Å². The zero-order valence-electron chi connectivity index (χ0n) is 18.8. The number of nitrogens with one attached hydrogen (secondary N) is 1. The normalized spacial score (nSPS) is 11.4. The molecule has 4 aromatic rings.